The first-order valence-electron chi connectivity index (χ1n) is 8.15. The van der Waals surface area contributed by atoms with Gasteiger partial charge in [-0.15, -0.1) is 0 Å². The summed E-state index contributed by atoms with van der Waals surface area (Å²) in [5.74, 6) is -0.554. The first-order chi connectivity index (χ1) is 12.3. The van der Waals surface area contributed by atoms with Crippen LogP contribution >= 0.6 is 11.6 Å². The van der Waals surface area contributed by atoms with Crippen molar-refractivity contribution in [3.8, 4) is 5.75 Å². The maximum absolute atomic E-state index is 12.7. The molecule has 1 aromatic carbocycles. The summed E-state index contributed by atoms with van der Waals surface area (Å²) in [6.45, 7) is 3.83. The normalized spacial score (nSPS) is 16.7. The lowest BCUT2D eigenvalue weighted by molar-refractivity contribution is 0.147. The maximum Gasteiger partial charge on any atom is 0.306 e. The zero-order chi connectivity index (χ0) is 18.9. The molecule has 1 fully saturated rings. The summed E-state index contributed by atoms with van der Waals surface area (Å²) in [5.41, 5.74) is -0.568. The fourth-order valence-corrected chi connectivity index (χ4v) is 4.60. The van der Waals surface area contributed by atoms with Crippen molar-refractivity contribution in [3.63, 3.8) is 0 Å². The van der Waals surface area contributed by atoms with Gasteiger partial charge in [0.05, 0.1) is 5.02 Å². The highest BCUT2D eigenvalue weighted by Crippen LogP contribution is 2.23. The number of aromatic hydroxyl groups is 1. The van der Waals surface area contributed by atoms with Crippen LogP contribution in [-0.4, -0.2) is 60.5 Å². The van der Waals surface area contributed by atoms with Crippen molar-refractivity contribution in [3.05, 3.63) is 57.5 Å². The van der Waals surface area contributed by atoms with E-state index in [1.165, 1.54) is 30.5 Å². The van der Waals surface area contributed by atoms with E-state index in [0.29, 0.717) is 16.1 Å². The van der Waals surface area contributed by atoms with Crippen LogP contribution in [0.5, 0.6) is 5.75 Å². The first-order valence-corrected chi connectivity index (χ1v) is 9.97. The quantitative estimate of drug-likeness (QED) is 0.834. The van der Waals surface area contributed by atoms with Crippen molar-refractivity contribution in [2.75, 3.05) is 33.2 Å². The average molecular weight is 398 g/mol. The van der Waals surface area contributed by atoms with E-state index in [0.717, 1.165) is 26.2 Å². The van der Waals surface area contributed by atoms with Crippen LogP contribution in [0.4, 0.5) is 0 Å². The standard InChI is InChI=1S/C17H20ClN3O4S/c1-19-8-10-20(11-9-19)12-13-6-7-21(17(23)16(13)22)26(24,25)15-5-3-2-4-14(15)18/h2-7,22H,8-12H2,1H3. The largest absolute Gasteiger partial charge is 0.503 e. The van der Waals surface area contributed by atoms with Gasteiger partial charge in [-0.1, -0.05) is 23.7 Å². The Balaban J connectivity index is 1.93. The third-order valence-corrected chi connectivity index (χ3v) is 6.64. The third-order valence-electron chi connectivity index (χ3n) is 4.48. The minimum atomic E-state index is -4.19. The number of likely N-dealkylation sites (N-methyl/N-ethyl adjacent to an activating group) is 1. The number of nitrogens with zero attached hydrogens (tertiary/aromatic N) is 3. The molecule has 0 aliphatic carbocycles. The van der Waals surface area contributed by atoms with Crippen molar-refractivity contribution < 1.29 is 13.5 Å². The number of aromatic nitrogens is 1. The summed E-state index contributed by atoms with van der Waals surface area (Å²) < 4.78 is 26.0. The summed E-state index contributed by atoms with van der Waals surface area (Å²) in [7, 11) is -2.15. The predicted octanol–water partition coefficient (Wildman–Crippen LogP) is 1.19. The lowest BCUT2D eigenvalue weighted by Gasteiger charge is -2.32. The summed E-state index contributed by atoms with van der Waals surface area (Å²) in [4.78, 5) is 16.6. The van der Waals surface area contributed by atoms with Gasteiger partial charge in [-0.05, 0) is 25.2 Å². The highest BCUT2D eigenvalue weighted by Gasteiger charge is 2.24. The molecule has 7 nitrogen and oxygen atoms in total. The zero-order valence-corrected chi connectivity index (χ0v) is 15.9. The Bertz CT molecular complexity index is 966. The van der Waals surface area contributed by atoms with Gasteiger partial charge in [-0.2, -0.15) is 0 Å². The summed E-state index contributed by atoms with van der Waals surface area (Å²) in [5, 5.41) is 10.3. The molecule has 1 aliphatic heterocycles. The Morgan fingerprint density at radius 1 is 1.12 bits per heavy atom. The Morgan fingerprint density at radius 2 is 1.77 bits per heavy atom. The van der Waals surface area contributed by atoms with Crippen molar-refractivity contribution >= 4 is 21.6 Å². The Labute approximate surface area is 157 Å². The monoisotopic (exact) mass is 397 g/mol. The van der Waals surface area contributed by atoms with Crippen LogP contribution < -0.4 is 5.56 Å². The van der Waals surface area contributed by atoms with Gasteiger partial charge in [0, 0.05) is 44.5 Å². The number of hydrogen-bond donors (Lipinski definition) is 1. The molecular formula is C17H20ClN3O4S. The van der Waals surface area contributed by atoms with Gasteiger partial charge in [0.15, 0.2) is 5.75 Å². The van der Waals surface area contributed by atoms with Gasteiger partial charge in [-0.3, -0.25) is 9.69 Å². The van der Waals surface area contributed by atoms with Crippen LogP contribution in [0.15, 0.2) is 46.2 Å². The summed E-state index contributed by atoms with van der Waals surface area (Å²) >= 11 is 5.95. The molecule has 2 heterocycles. The second kappa shape index (κ2) is 7.40. The number of halogens is 1. The third kappa shape index (κ3) is 3.64. The second-order valence-corrected chi connectivity index (χ2v) is 8.50. The Kier molecular flexibility index (Phi) is 5.38. The minimum absolute atomic E-state index is 0.0143. The lowest BCUT2D eigenvalue weighted by atomic mass is 10.2. The first kappa shape index (κ1) is 18.9. The van der Waals surface area contributed by atoms with Gasteiger partial charge in [-0.25, -0.2) is 12.4 Å². The molecule has 1 saturated heterocycles. The Morgan fingerprint density at radius 3 is 2.42 bits per heavy atom. The Hall–Kier alpha value is -1.87. The highest BCUT2D eigenvalue weighted by molar-refractivity contribution is 7.90. The zero-order valence-electron chi connectivity index (χ0n) is 14.3. The summed E-state index contributed by atoms with van der Waals surface area (Å²) in [6, 6.07) is 7.33. The molecule has 9 heteroatoms. The van der Waals surface area contributed by atoms with Crippen LogP contribution in [0.3, 0.4) is 0 Å². The van der Waals surface area contributed by atoms with Crippen molar-refractivity contribution in [2.45, 2.75) is 11.4 Å². The second-order valence-electron chi connectivity index (χ2n) is 6.31. The van der Waals surface area contributed by atoms with E-state index >= 15 is 0 Å². The minimum Gasteiger partial charge on any atom is -0.503 e. The van der Waals surface area contributed by atoms with Crippen molar-refractivity contribution in [1.29, 1.82) is 0 Å². The highest BCUT2D eigenvalue weighted by atomic mass is 35.5. The lowest BCUT2D eigenvalue weighted by Crippen LogP contribution is -2.44. The molecule has 0 amide bonds. The molecule has 0 radical (unpaired) electrons. The van der Waals surface area contributed by atoms with Gasteiger partial charge in [0.25, 0.3) is 10.0 Å². The maximum atomic E-state index is 12.7. The van der Waals surface area contributed by atoms with Crippen molar-refractivity contribution in [2.24, 2.45) is 0 Å². The molecule has 0 atom stereocenters. The number of piperazine rings is 1. The van der Waals surface area contributed by atoms with Gasteiger partial charge < -0.3 is 10.0 Å². The number of hydrogen-bond acceptors (Lipinski definition) is 6. The van der Waals surface area contributed by atoms with Gasteiger partial charge in [0.2, 0.25) is 0 Å². The van der Waals surface area contributed by atoms with E-state index < -0.39 is 21.3 Å². The van der Waals surface area contributed by atoms with E-state index in [-0.39, 0.29) is 9.92 Å². The van der Waals surface area contributed by atoms with Crippen molar-refractivity contribution in [1.82, 2.24) is 13.8 Å². The topological polar surface area (TPSA) is 82.8 Å². The number of rotatable bonds is 4. The van der Waals surface area contributed by atoms with Crippen LogP contribution in [0.2, 0.25) is 5.02 Å². The predicted molar refractivity (Wildman–Crippen MR) is 99.2 cm³/mol. The molecule has 0 bridgehead atoms. The van der Waals surface area contributed by atoms with E-state index in [1.54, 1.807) is 6.07 Å². The van der Waals surface area contributed by atoms with Crippen LogP contribution in [0, 0.1) is 0 Å². The molecule has 2 aromatic rings. The van der Waals surface area contributed by atoms with Crippen LogP contribution in [0.25, 0.3) is 0 Å². The van der Waals surface area contributed by atoms with Crippen LogP contribution in [-0.2, 0) is 16.6 Å². The molecule has 1 N–H and O–H groups in total. The molecule has 140 valence electrons. The summed E-state index contributed by atoms with van der Waals surface area (Å²) in [6.07, 6.45) is 1.17. The molecule has 0 spiro atoms. The van der Waals surface area contributed by atoms with E-state index in [1.807, 2.05) is 7.05 Å². The molecular weight excluding hydrogens is 378 g/mol. The van der Waals surface area contributed by atoms with E-state index in [2.05, 4.69) is 9.80 Å². The fourth-order valence-electron chi connectivity index (χ4n) is 2.87. The van der Waals surface area contributed by atoms with Crippen LogP contribution in [0.1, 0.15) is 5.56 Å². The number of pyridine rings is 1. The van der Waals surface area contributed by atoms with Gasteiger partial charge >= 0.3 is 5.56 Å². The molecule has 1 aromatic heterocycles. The smallest absolute Gasteiger partial charge is 0.306 e. The van der Waals surface area contributed by atoms with E-state index in [9.17, 15) is 18.3 Å². The fraction of sp³-hybridized carbons (Fsp3) is 0.353. The molecule has 3 rings (SSSR count). The SMILES string of the molecule is CN1CCN(Cc2ccn(S(=O)(=O)c3ccccc3Cl)c(=O)c2O)CC1. The van der Waals surface area contributed by atoms with Gasteiger partial charge in [0.1, 0.15) is 4.90 Å². The molecule has 26 heavy (non-hydrogen) atoms. The molecule has 0 saturated carbocycles. The number of benzene rings is 1. The molecule has 1 aliphatic rings. The van der Waals surface area contributed by atoms with E-state index in [4.69, 9.17) is 11.6 Å². The average Bonchev–Trinajstić information content (AvgIpc) is 2.61. The molecule has 0 unspecified atom stereocenters.